The van der Waals surface area contributed by atoms with Crippen LogP contribution in [0.5, 0.6) is 0 Å². The Balaban J connectivity index is 1.81. The number of aliphatic hydroxyl groups is 3. The third-order valence-electron chi connectivity index (χ3n) is 11.9. The normalized spacial score (nSPS) is 19.8. The van der Waals surface area contributed by atoms with Gasteiger partial charge < -0.3 is 45.1 Å². The van der Waals surface area contributed by atoms with E-state index >= 15 is 0 Å². The van der Waals surface area contributed by atoms with Crippen molar-refractivity contribution in [2.24, 2.45) is 5.92 Å². The summed E-state index contributed by atoms with van der Waals surface area (Å²) in [5, 5.41) is 30.8. The minimum atomic E-state index is -5.44. The average molecular weight is 1070 g/mol. The standard InChI is InChI=1S/C52H89N3O16P2/c1-4-5-33-43(56)34-29-25-21-17-13-10-11-14-18-22-26-30-35-47(57)66-39-44(69-48(58)36-31-27-23-19-15-9-7-6-8-12-16-20-24-28-32-42(2)3)40-67-72(62,63)71-73(64,65)68-41-45-49(59)50(60)51(70-45)55-38-37-46(53)54-52(55)61/h10-11,17-18,21-22,29,34,37-38,42-45,49-51,56,59-60H,4-9,12-16,19-20,23-28,30-33,35-36,39-41H2,1-3H3,(H,62,63)(H,64,65)(H2,53,54,61)/b11-10-,21-17-,22-18-,34-29-/t43-,44+,45+,49+,50+,51+/m0/s1. The van der Waals surface area contributed by atoms with Gasteiger partial charge in [-0.25, -0.2) is 13.9 Å². The number of aliphatic hydroxyl groups excluding tert-OH is 3. The number of carbonyl (C=O) groups excluding carboxylic acids is 2. The van der Waals surface area contributed by atoms with Gasteiger partial charge in [0.15, 0.2) is 12.3 Å². The Hall–Kier alpha value is -3.32. The van der Waals surface area contributed by atoms with E-state index in [0.717, 1.165) is 80.9 Å². The van der Waals surface area contributed by atoms with Gasteiger partial charge in [-0.05, 0) is 56.9 Å². The smallest absolute Gasteiger partial charge is 0.462 e. The average Bonchev–Trinajstić information content (AvgIpc) is 3.61. The van der Waals surface area contributed by atoms with Crippen molar-refractivity contribution in [3.8, 4) is 0 Å². The number of ether oxygens (including phenoxy) is 3. The zero-order chi connectivity index (χ0) is 53.7. The minimum absolute atomic E-state index is 0.0316. The Labute approximate surface area is 433 Å². The summed E-state index contributed by atoms with van der Waals surface area (Å²) in [6.45, 7) is 4.27. The molecule has 7 N–H and O–H groups in total. The molecule has 1 fully saturated rings. The Morgan fingerprint density at radius 1 is 0.740 bits per heavy atom. The van der Waals surface area contributed by atoms with Crippen molar-refractivity contribution in [1.82, 2.24) is 9.55 Å². The van der Waals surface area contributed by atoms with E-state index in [1.807, 2.05) is 30.4 Å². The van der Waals surface area contributed by atoms with Gasteiger partial charge >= 0.3 is 33.3 Å². The van der Waals surface area contributed by atoms with Crippen LogP contribution in [0.15, 0.2) is 65.7 Å². The van der Waals surface area contributed by atoms with Crippen LogP contribution in [0.4, 0.5) is 5.82 Å². The van der Waals surface area contributed by atoms with E-state index in [1.165, 1.54) is 70.3 Å². The number of unbranched alkanes of at least 4 members (excludes halogenated alkanes) is 15. The number of nitrogens with two attached hydrogens (primary N) is 1. The Bertz CT molecular complexity index is 1940. The number of allylic oxidation sites excluding steroid dienone is 7. The fourth-order valence-corrected chi connectivity index (χ4v) is 9.86. The highest BCUT2D eigenvalue weighted by Gasteiger charge is 2.46. The molecule has 0 saturated carbocycles. The number of phosphoric acid groups is 2. The summed E-state index contributed by atoms with van der Waals surface area (Å²) in [5.74, 6) is -0.598. The number of phosphoric ester groups is 2. The molecule has 0 aromatic carbocycles. The summed E-state index contributed by atoms with van der Waals surface area (Å²) in [4.78, 5) is 62.0. The summed E-state index contributed by atoms with van der Waals surface area (Å²) in [6, 6.07) is 1.24. The highest BCUT2D eigenvalue weighted by atomic mass is 31.3. The predicted octanol–water partition coefficient (Wildman–Crippen LogP) is 10.2. The first-order valence-corrected chi connectivity index (χ1v) is 29.6. The van der Waals surface area contributed by atoms with Gasteiger partial charge in [0, 0.05) is 19.0 Å². The molecule has 2 rings (SSSR count). The van der Waals surface area contributed by atoms with Crippen molar-refractivity contribution in [2.75, 3.05) is 25.6 Å². The van der Waals surface area contributed by atoms with Crippen LogP contribution in [0.1, 0.15) is 188 Å². The van der Waals surface area contributed by atoms with E-state index in [9.17, 15) is 48.6 Å². The van der Waals surface area contributed by atoms with Gasteiger partial charge in [-0.1, -0.05) is 172 Å². The fraction of sp³-hybridized carbons (Fsp3) is 0.731. The van der Waals surface area contributed by atoms with Crippen LogP contribution >= 0.6 is 15.6 Å². The lowest BCUT2D eigenvalue weighted by Gasteiger charge is -2.21. The van der Waals surface area contributed by atoms with Crippen LogP contribution in [0.3, 0.4) is 0 Å². The van der Waals surface area contributed by atoms with Gasteiger partial charge in [0.1, 0.15) is 30.7 Å². The molecule has 418 valence electrons. The Kier molecular flexibility index (Phi) is 35.3. The van der Waals surface area contributed by atoms with Crippen molar-refractivity contribution in [3.63, 3.8) is 0 Å². The van der Waals surface area contributed by atoms with Crippen molar-refractivity contribution in [1.29, 1.82) is 0 Å². The fourth-order valence-electron chi connectivity index (χ4n) is 7.75. The molecule has 73 heavy (non-hydrogen) atoms. The molecule has 21 heteroatoms. The lowest BCUT2D eigenvalue weighted by molar-refractivity contribution is -0.161. The molecule has 2 heterocycles. The van der Waals surface area contributed by atoms with Crippen LogP contribution in [-0.4, -0.2) is 96.9 Å². The first-order chi connectivity index (χ1) is 34.9. The van der Waals surface area contributed by atoms with E-state index in [1.54, 1.807) is 0 Å². The van der Waals surface area contributed by atoms with Gasteiger partial charge in [-0.3, -0.25) is 23.2 Å². The van der Waals surface area contributed by atoms with E-state index < -0.39 is 83.7 Å². The molecule has 0 spiro atoms. The number of anilines is 1. The first-order valence-electron chi connectivity index (χ1n) is 26.6. The zero-order valence-corrected chi connectivity index (χ0v) is 45.5. The second-order valence-corrected chi connectivity index (χ2v) is 22.1. The molecular formula is C52H89N3O16P2. The van der Waals surface area contributed by atoms with E-state index in [-0.39, 0.29) is 24.8 Å². The SMILES string of the molecule is CCCC[C@H](O)/C=C\C/C=C\C/C=C\C/C=C\CCCC(=O)OC[C@H](COP(=O)(O)OP(=O)(O)OC[C@H]1O[C@@H](n2ccc(N)nc2=O)[C@H](O)[C@@H]1O)OC(=O)CCCCCCCCCCCCCCCCC(C)C. The third kappa shape index (κ3) is 32.7. The highest BCUT2D eigenvalue weighted by Crippen LogP contribution is 2.60. The molecule has 8 atom stereocenters. The molecule has 1 aromatic rings. The highest BCUT2D eigenvalue weighted by molar-refractivity contribution is 7.61. The number of carbonyl (C=O) groups is 2. The second kappa shape index (κ2) is 39.1. The molecule has 0 bridgehead atoms. The number of rotatable bonds is 43. The number of nitrogens with zero attached hydrogens (tertiary/aromatic N) is 2. The van der Waals surface area contributed by atoms with Crippen molar-refractivity contribution in [3.05, 3.63) is 71.4 Å². The summed E-state index contributed by atoms with van der Waals surface area (Å²) < 4.78 is 56.8. The molecule has 0 aliphatic carbocycles. The van der Waals surface area contributed by atoms with Crippen molar-refractivity contribution >= 4 is 33.4 Å². The molecule has 0 radical (unpaired) electrons. The summed E-state index contributed by atoms with van der Waals surface area (Å²) >= 11 is 0. The Morgan fingerprint density at radius 3 is 1.88 bits per heavy atom. The molecule has 1 aromatic heterocycles. The molecule has 1 aliphatic heterocycles. The molecule has 19 nitrogen and oxygen atoms in total. The van der Waals surface area contributed by atoms with E-state index in [4.69, 9.17) is 29.0 Å². The van der Waals surface area contributed by atoms with Gasteiger partial charge in [0.2, 0.25) is 0 Å². The molecule has 0 amide bonds. The topological polar surface area (TPSA) is 286 Å². The van der Waals surface area contributed by atoms with Crippen molar-refractivity contribution < 1.29 is 71.4 Å². The number of aromatic nitrogens is 2. The summed E-state index contributed by atoms with van der Waals surface area (Å²) in [5.41, 5.74) is 4.58. The maximum Gasteiger partial charge on any atom is 0.481 e. The first kappa shape index (κ1) is 65.8. The predicted molar refractivity (Wildman–Crippen MR) is 281 cm³/mol. The van der Waals surface area contributed by atoms with Crippen LogP contribution in [0.2, 0.25) is 0 Å². The van der Waals surface area contributed by atoms with Crippen molar-refractivity contribution in [2.45, 2.75) is 218 Å². The molecule has 1 saturated heterocycles. The molecular weight excluding hydrogens is 985 g/mol. The lowest BCUT2D eigenvalue weighted by atomic mass is 10.0. The minimum Gasteiger partial charge on any atom is -0.462 e. The monoisotopic (exact) mass is 1070 g/mol. The molecule has 1 aliphatic rings. The van der Waals surface area contributed by atoms with Crippen LogP contribution < -0.4 is 11.4 Å². The van der Waals surface area contributed by atoms with Gasteiger partial charge in [-0.15, -0.1) is 0 Å². The quantitative estimate of drug-likeness (QED) is 0.0153. The van der Waals surface area contributed by atoms with E-state index in [0.29, 0.717) is 19.3 Å². The van der Waals surface area contributed by atoms with Gasteiger partial charge in [0.05, 0.1) is 19.3 Å². The maximum atomic E-state index is 12.9. The number of hydrogen-bond donors (Lipinski definition) is 6. The van der Waals surface area contributed by atoms with Crippen LogP contribution in [0, 0.1) is 5.92 Å². The largest absolute Gasteiger partial charge is 0.481 e. The van der Waals surface area contributed by atoms with Gasteiger partial charge in [0.25, 0.3) is 0 Å². The summed E-state index contributed by atoms with van der Waals surface area (Å²) in [7, 11) is -10.9. The number of esters is 2. The summed E-state index contributed by atoms with van der Waals surface area (Å²) in [6.07, 6.45) is 32.5. The van der Waals surface area contributed by atoms with E-state index in [2.05, 4.69) is 48.3 Å². The number of nitrogen functional groups attached to an aromatic ring is 1. The zero-order valence-electron chi connectivity index (χ0n) is 43.7. The molecule has 2 unspecified atom stereocenters. The van der Waals surface area contributed by atoms with Crippen LogP contribution in [0.25, 0.3) is 0 Å². The van der Waals surface area contributed by atoms with Gasteiger partial charge in [-0.2, -0.15) is 9.29 Å². The Morgan fingerprint density at radius 2 is 1.29 bits per heavy atom. The maximum absolute atomic E-state index is 12.9. The van der Waals surface area contributed by atoms with Crippen LogP contribution in [-0.2, 0) is 46.3 Å². The number of hydrogen-bond acceptors (Lipinski definition) is 16. The lowest BCUT2D eigenvalue weighted by Crippen LogP contribution is -2.36. The third-order valence-corrected chi connectivity index (χ3v) is 14.5. The second-order valence-electron chi connectivity index (χ2n) is 19.0.